The minimum atomic E-state index is -4.16. The van der Waals surface area contributed by atoms with Crippen LogP contribution in [0.2, 0.25) is 0 Å². The van der Waals surface area contributed by atoms with Gasteiger partial charge in [0, 0.05) is 5.56 Å². The van der Waals surface area contributed by atoms with Gasteiger partial charge in [-0.25, -0.2) is 17.9 Å². The molecule has 0 aromatic heterocycles. The molecule has 0 heterocycles. The molecule has 2 rings (SSSR count). The van der Waals surface area contributed by atoms with Crippen molar-refractivity contribution in [3.63, 3.8) is 0 Å². The molecule has 0 radical (unpaired) electrons. The van der Waals surface area contributed by atoms with Gasteiger partial charge in [-0.2, -0.15) is 0 Å². The van der Waals surface area contributed by atoms with Crippen molar-refractivity contribution < 1.29 is 12.8 Å². The summed E-state index contributed by atoms with van der Waals surface area (Å²) in [6.07, 6.45) is 0. The van der Waals surface area contributed by atoms with E-state index >= 15 is 0 Å². The summed E-state index contributed by atoms with van der Waals surface area (Å²) in [5.41, 5.74) is 0.404. The molecule has 3 nitrogen and oxygen atoms in total. The first-order valence-electron chi connectivity index (χ1n) is 5.53. The summed E-state index contributed by atoms with van der Waals surface area (Å²) in [5, 5.41) is 5.12. The Morgan fingerprint density at radius 3 is 1.68 bits per heavy atom. The van der Waals surface area contributed by atoms with Crippen molar-refractivity contribution in [2.45, 2.75) is 0 Å². The Hall–Kier alpha value is -1.98. The lowest BCUT2D eigenvalue weighted by atomic mass is 10.1. The molecule has 0 bridgehead atoms. The molecule has 0 aliphatic carbocycles. The van der Waals surface area contributed by atoms with Gasteiger partial charge in [-0.3, -0.25) is 0 Å². The number of nitrogens with two attached hydrogens (primary N) is 1. The molecular weight excluding hydrogens is 265 g/mol. The number of primary sulfonamides is 1. The van der Waals surface area contributed by atoms with E-state index in [1.165, 1.54) is 24.3 Å². The second-order valence-electron chi connectivity index (χ2n) is 3.92. The molecule has 0 unspecified atom stereocenters. The predicted molar refractivity (Wildman–Crippen MR) is 73.9 cm³/mol. The average Bonchev–Trinajstić information content (AvgIpc) is 2.39. The van der Waals surface area contributed by atoms with Gasteiger partial charge in [0.25, 0.3) is 0 Å². The minimum Gasteiger partial charge on any atom is -0.225 e. The van der Waals surface area contributed by atoms with Gasteiger partial charge in [-0.15, -0.1) is 0 Å². The SMILES string of the molecule is NS(=O)(=O)C(=C(F)c1ccccc1)c1ccccc1. The maximum atomic E-state index is 14.4. The monoisotopic (exact) mass is 277 g/mol. The van der Waals surface area contributed by atoms with Gasteiger partial charge in [0.15, 0.2) is 5.83 Å². The van der Waals surface area contributed by atoms with E-state index in [2.05, 4.69) is 0 Å². The molecule has 0 aliphatic rings. The van der Waals surface area contributed by atoms with E-state index in [0.29, 0.717) is 0 Å². The molecule has 2 aromatic carbocycles. The molecule has 0 spiro atoms. The van der Waals surface area contributed by atoms with Crippen LogP contribution in [0.3, 0.4) is 0 Å². The molecule has 19 heavy (non-hydrogen) atoms. The van der Waals surface area contributed by atoms with E-state index in [0.717, 1.165) is 0 Å². The molecule has 0 fully saturated rings. The maximum absolute atomic E-state index is 14.4. The number of hydrogen-bond acceptors (Lipinski definition) is 2. The largest absolute Gasteiger partial charge is 0.241 e. The van der Waals surface area contributed by atoms with E-state index < -0.39 is 20.8 Å². The Bertz CT molecular complexity index is 695. The van der Waals surface area contributed by atoms with Crippen molar-refractivity contribution in [2.24, 2.45) is 5.14 Å². The fraction of sp³-hybridized carbons (Fsp3) is 0. The zero-order valence-electron chi connectivity index (χ0n) is 9.95. The van der Waals surface area contributed by atoms with E-state index in [1.807, 2.05) is 0 Å². The lowest BCUT2D eigenvalue weighted by Crippen LogP contribution is -2.14. The third-order valence-corrected chi connectivity index (χ3v) is 3.53. The van der Waals surface area contributed by atoms with Crippen LogP contribution in [0.5, 0.6) is 0 Å². The zero-order valence-corrected chi connectivity index (χ0v) is 10.8. The summed E-state index contributed by atoms with van der Waals surface area (Å²) in [4.78, 5) is -0.501. The molecule has 0 saturated heterocycles. The van der Waals surface area contributed by atoms with E-state index in [9.17, 15) is 12.8 Å². The van der Waals surface area contributed by atoms with Gasteiger partial charge in [-0.05, 0) is 5.56 Å². The second kappa shape index (κ2) is 5.34. The van der Waals surface area contributed by atoms with Gasteiger partial charge < -0.3 is 0 Å². The molecular formula is C14H12FNO2S. The number of sulfonamides is 1. The molecule has 0 amide bonds. The Balaban J connectivity index is 2.70. The number of benzene rings is 2. The van der Waals surface area contributed by atoms with Crippen molar-refractivity contribution in [1.29, 1.82) is 0 Å². The molecule has 98 valence electrons. The molecule has 0 saturated carbocycles. The van der Waals surface area contributed by atoms with Crippen LogP contribution < -0.4 is 5.14 Å². The fourth-order valence-electron chi connectivity index (χ4n) is 1.72. The zero-order chi connectivity index (χ0) is 13.9. The van der Waals surface area contributed by atoms with Crippen molar-refractivity contribution >= 4 is 20.8 Å². The van der Waals surface area contributed by atoms with Crippen LogP contribution >= 0.6 is 0 Å². The Morgan fingerprint density at radius 2 is 1.26 bits per heavy atom. The van der Waals surface area contributed by atoms with E-state index in [-0.39, 0.29) is 11.1 Å². The summed E-state index contributed by atoms with van der Waals surface area (Å²) in [5.74, 6) is -0.853. The highest BCUT2D eigenvalue weighted by Crippen LogP contribution is 2.30. The Labute approximate surface area is 111 Å². The van der Waals surface area contributed by atoms with E-state index in [4.69, 9.17) is 5.14 Å². The lowest BCUT2D eigenvalue weighted by Gasteiger charge is -2.08. The smallest absolute Gasteiger partial charge is 0.225 e. The van der Waals surface area contributed by atoms with Gasteiger partial charge in [-0.1, -0.05) is 60.7 Å². The van der Waals surface area contributed by atoms with Gasteiger partial charge >= 0.3 is 0 Å². The second-order valence-corrected chi connectivity index (χ2v) is 5.42. The van der Waals surface area contributed by atoms with Crippen LogP contribution in [0, 0.1) is 0 Å². The van der Waals surface area contributed by atoms with Gasteiger partial charge in [0.2, 0.25) is 10.0 Å². The third-order valence-electron chi connectivity index (χ3n) is 2.55. The highest BCUT2D eigenvalue weighted by atomic mass is 32.2. The number of hydrogen-bond donors (Lipinski definition) is 1. The van der Waals surface area contributed by atoms with Gasteiger partial charge in [0.1, 0.15) is 4.91 Å². The first-order chi connectivity index (χ1) is 9.00. The highest BCUT2D eigenvalue weighted by molar-refractivity contribution is 7.98. The Morgan fingerprint density at radius 1 is 0.842 bits per heavy atom. The van der Waals surface area contributed by atoms with Crippen molar-refractivity contribution in [1.82, 2.24) is 0 Å². The van der Waals surface area contributed by atoms with Crippen LogP contribution in [0.15, 0.2) is 60.7 Å². The molecule has 0 atom stereocenters. The van der Waals surface area contributed by atoms with Crippen molar-refractivity contribution in [2.75, 3.05) is 0 Å². The summed E-state index contributed by atoms with van der Waals surface area (Å²) < 4.78 is 37.7. The summed E-state index contributed by atoms with van der Waals surface area (Å²) in [6, 6.07) is 15.9. The minimum absolute atomic E-state index is 0.176. The fourth-order valence-corrected chi connectivity index (χ4v) is 2.55. The maximum Gasteiger partial charge on any atom is 0.241 e. The van der Waals surface area contributed by atoms with E-state index in [1.54, 1.807) is 36.4 Å². The van der Waals surface area contributed by atoms with Crippen molar-refractivity contribution in [3.05, 3.63) is 71.8 Å². The number of rotatable bonds is 3. The third kappa shape index (κ3) is 3.07. The quantitative estimate of drug-likeness (QED) is 0.877. The summed E-state index contributed by atoms with van der Waals surface area (Å²) in [6.45, 7) is 0. The van der Waals surface area contributed by atoms with Crippen LogP contribution in [0.1, 0.15) is 11.1 Å². The van der Waals surface area contributed by atoms with Gasteiger partial charge in [0.05, 0.1) is 0 Å². The lowest BCUT2D eigenvalue weighted by molar-refractivity contribution is 0.607. The molecule has 0 aliphatic heterocycles. The molecule has 5 heteroatoms. The summed E-state index contributed by atoms with van der Waals surface area (Å²) in [7, 11) is -4.16. The highest BCUT2D eigenvalue weighted by Gasteiger charge is 2.21. The predicted octanol–water partition coefficient (Wildman–Crippen LogP) is 2.77. The van der Waals surface area contributed by atoms with Crippen LogP contribution in [-0.4, -0.2) is 8.42 Å². The molecule has 2 N–H and O–H groups in total. The first-order valence-corrected chi connectivity index (χ1v) is 7.08. The summed E-state index contributed by atoms with van der Waals surface area (Å²) >= 11 is 0. The van der Waals surface area contributed by atoms with Crippen LogP contribution in [0.25, 0.3) is 10.7 Å². The average molecular weight is 277 g/mol. The topological polar surface area (TPSA) is 60.2 Å². The van der Waals surface area contributed by atoms with Crippen molar-refractivity contribution in [3.8, 4) is 0 Å². The number of halogens is 1. The Kier molecular flexibility index (Phi) is 3.78. The van der Waals surface area contributed by atoms with Crippen LogP contribution in [-0.2, 0) is 10.0 Å². The molecule has 2 aromatic rings. The first kappa shape index (κ1) is 13.5. The normalized spacial score (nSPS) is 12.9. The van der Waals surface area contributed by atoms with Crippen LogP contribution in [0.4, 0.5) is 4.39 Å². The standard InChI is InChI=1S/C14H12FNO2S/c15-13(11-7-3-1-4-8-11)14(19(16,17)18)12-9-5-2-6-10-12/h1-10H,(H2,16,17,18).